The summed E-state index contributed by atoms with van der Waals surface area (Å²) in [6.45, 7) is 1.82. The van der Waals surface area contributed by atoms with Crippen LogP contribution in [0.4, 0.5) is 0 Å². The highest BCUT2D eigenvalue weighted by Gasteiger charge is 2.35. The first-order valence-electron chi connectivity index (χ1n) is 6.42. The Hall–Kier alpha value is -1.59. The molecule has 1 aromatic rings. The third-order valence-electron chi connectivity index (χ3n) is 3.32. The Balaban J connectivity index is 1.95. The Kier molecular flexibility index (Phi) is 4.62. The van der Waals surface area contributed by atoms with Crippen LogP contribution >= 0.6 is 11.6 Å². The molecule has 1 amide bonds. The average Bonchev–Trinajstić information content (AvgIpc) is 2.88. The van der Waals surface area contributed by atoms with Crippen molar-refractivity contribution in [3.8, 4) is 0 Å². The summed E-state index contributed by atoms with van der Waals surface area (Å²) >= 11 is 6.07. The zero-order valence-corrected chi connectivity index (χ0v) is 11.8. The Bertz CT molecular complexity index is 520. The van der Waals surface area contributed by atoms with Crippen LogP contribution in [-0.2, 0) is 14.3 Å². The summed E-state index contributed by atoms with van der Waals surface area (Å²) in [5, 5.41) is 12.2. The normalized spacial score (nSPS) is 23.3. The van der Waals surface area contributed by atoms with Crippen molar-refractivity contribution in [3.63, 3.8) is 0 Å². The number of carboxylic acids is 1. The molecular weight excluding hydrogens is 282 g/mol. The lowest BCUT2D eigenvalue weighted by Crippen LogP contribution is -2.37. The van der Waals surface area contributed by atoms with E-state index in [-0.39, 0.29) is 11.9 Å². The van der Waals surface area contributed by atoms with Crippen LogP contribution in [0, 0.1) is 0 Å². The van der Waals surface area contributed by atoms with Crippen molar-refractivity contribution < 1.29 is 19.4 Å². The fourth-order valence-corrected chi connectivity index (χ4v) is 2.52. The summed E-state index contributed by atoms with van der Waals surface area (Å²) in [5.74, 6) is -1.33. The molecule has 3 atom stereocenters. The second kappa shape index (κ2) is 6.24. The summed E-state index contributed by atoms with van der Waals surface area (Å²) in [6, 6.07) is 6.99. The van der Waals surface area contributed by atoms with Gasteiger partial charge < -0.3 is 15.2 Å². The fourth-order valence-electron chi connectivity index (χ4n) is 2.22. The Morgan fingerprint density at radius 2 is 2.00 bits per heavy atom. The maximum Gasteiger partial charge on any atom is 0.332 e. The van der Waals surface area contributed by atoms with Crippen LogP contribution in [0.15, 0.2) is 24.3 Å². The van der Waals surface area contributed by atoms with Gasteiger partial charge in [0.05, 0.1) is 6.04 Å². The van der Waals surface area contributed by atoms with Gasteiger partial charge in [-0.2, -0.15) is 0 Å². The van der Waals surface area contributed by atoms with Crippen LogP contribution in [0.25, 0.3) is 0 Å². The Morgan fingerprint density at radius 3 is 2.60 bits per heavy atom. The first-order valence-corrected chi connectivity index (χ1v) is 6.80. The molecule has 1 aliphatic rings. The molecule has 1 heterocycles. The van der Waals surface area contributed by atoms with Crippen LogP contribution in [-0.4, -0.2) is 29.2 Å². The zero-order chi connectivity index (χ0) is 14.7. The predicted molar refractivity (Wildman–Crippen MR) is 73.5 cm³/mol. The van der Waals surface area contributed by atoms with Crippen molar-refractivity contribution in [3.05, 3.63) is 34.9 Å². The number of rotatable bonds is 4. The minimum Gasteiger partial charge on any atom is -0.479 e. The van der Waals surface area contributed by atoms with Crippen LogP contribution < -0.4 is 5.32 Å². The van der Waals surface area contributed by atoms with E-state index >= 15 is 0 Å². The zero-order valence-electron chi connectivity index (χ0n) is 11.0. The van der Waals surface area contributed by atoms with Gasteiger partial charge in [0.25, 0.3) is 0 Å². The first kappa shape index (κ1) is 14.8. The van der Waals surface area contributed by atoms with E-state index in [9.17, 15) is 9.59 Å². The minimum atomic E-state index is -1.03. The van der Waals surface area contributed by atoms with E-state index in [1.165, 1.54) is 0 Å². The van der Waals surface area contributed by atoms with Crippen LogP contribution in [0.3, 0.4) is 0 Å². The first-order chi connectivity index (χ1) is 9.49. The molecule has 20 heavy (non-hydrogen) atoms. The second-order valence-electron chi connectivity index (χ2n) is 4.78. The summed E-state index contributed by atoms with van der Waals surface area (Å²) in [5.41, 5.74) is 0.815. The number of aliphatic carboxylic acids is 1. The van der Waals surface area contributed by atoms with Gasteiger partial charge in [-0.1, -0.05) is 29.8 Å². The fraction of sp³-hybridized carbons (Fsp3) is 0.429. The van der Waals surface area contributed by atoms with Crippen molar-refractivity contribution in [2.24, 2.45) is 0 Å². The van der Waals surface area contributed by atoms with Gasteiger partial charge >= 0.3 is 5.97 Å². The maximum atomic E-state index is 12.0. The van der Waals surface area contributed by atoms with Crippen molar-refractivity contribution in [2.45, 2.75) is 38.0 Å². The molecule has 0 aromatic heterocycles. The SMILES string of the molecule is C[C@H](NC(=O)C1CCC(C(=O)O)O1)c1ccccc1Cl. The predicted octanol–water partition coefficient (Wildman–Crippen LogP) is 2.15. The number of halogens is 1. The Labute approximate surface area is 121 Å². The number of benzene rings is 1. The molecular formula is C14H16ClNO4. The minimum absolute atomic E-state index is 0.260. The van der Waals surface area contributed by atoms with E-state index < -0.39 is 18.2 Å². The number of ether oxygens (including phenoxy) is 1. The lowest BCUT2D eigenvalue weighted by atomic mass is 10.1. The van der Waals surface area contributed by atoms with Crippen molar-refractivity contribution in [1.29, 1.82) is 0 Å². The number of hydrogen-bond donors (Lipinski definition) is 2. The van der Waals surface area contributed by atoms with E-state index in [1.807, 2.05) is 25.1 Å². The van der Waals surface area contributed by atoms with E-state index in [4.69, 9.17) is 21.4 Å². The van der Waals surface area contributed by atoms with E-state index in [0.717, 1.165) is 5.56 Å². The molecule has 1 fully saturated rings. The molecule has 1 saturated heterocycles. The number of amides is 1. The molecule has 0 bridgehead atoms. The molecule has 0 aliphatic carbocycles. The van der Waals surface area contributed by atoms with Gasteiger partial charge in [-0.15, -0.1) is 0 Å². The lowest BCUT2D eigenvalue weighted by Gasteiger charge is -2.18. The van der Waals surface area contributed by atoms with Gasteiger partial charge in [0.15, 0.2) is 6.10 Å². The van der Waals surface area contributed by atoms with Gasteiger partial charge in [-0.3, -0.25) is 4.79 Å². The van der Waals surface area contributed by atoms with Crippen LogP contribution in [0.1, 0.15) is 31.4 Å². The van der Waals surface area contributed by atoms with E-state index in [0.29, 0.717) is 17.9 Å². The second-order valence-corrected chi connectivity index (χ2v) is 5.19. The van der Waals surface area contributed by atoms with Gasteiger partial charge in [0.1, 0.15) is 6.10 Å². The average molecular weight is 298 g/mol. The number of carbonyl (C=O) groups is 2. The Morgan fingerprint density at radius 1 is 1.35 bits per heavy atom. The molecule has 0 radical (unpaired) electrons. The molecule has 1 aromatic carbocycles. The highest BCUT2D eigenvalue weighted by atomic mass is 35.5. The van der Waals surface area contributed by atoms with Crippen molar-refractivity contribution in [2.75, 3.05) is 0 Å². The van der Waals surface area contributed by atoms with Crippen molar-refractivity contribution in [1.82, 2.24) is 5.32 Å². The third-order valence-corrected chi connectivity index (χ3v) is 3.66. The summed E-state index contributed by atoms with van der Waals surface area (Å²) in [6.07, 6.45) is -0.825. The number of carboxylic acid groups (broad SMARTS) is 1. The van der Waals surface area contributed by atoms with E-state index in [2.05, 4.69) is 5.32 Å². The molecule has 2 rings (SSSR count). The molecule has 0 saturated carbocycles. The largest absolute Gasteiger partial charge is 0.479 e. The molecule has 2 unspecified atom stereocenters. The highest BCUT2D eigenvalue weighted by molar-refractivity contribution is 6.31. The topological polar surface area (TPSA) is 75.6 Å². The van der Waals surface area contributed by atoms with Crippen molar-refractivity contribution >= 4 is 23.5 Å². The summed E-state index contributed by atoms with van der Waals surface area (Å²) < 4.78 is 5.21. The van der Waals surface area contributed by atoms with Gasteiger partial charge in [0.2, 0.25) is 5.91 Å². The van der Waals surface area contributed by atoms with Gasteiger partial charge in [-0.05, 0) is 31.4 Å². The molecule has 1 aliphatic heterocycles. The van der Waals surface area contributed by atoms with Crippen LogP contribution in [0.2, 0.25) is 5.02 Å². The number of carbonyl (C=O) groups excluding carboxylic acids is 1. The summed E-state index contributed by atoms with van der Waals surface area (Å²) in [4.78, 5) is 22.8. The smallest absolute Gasteiger partial charge is 0.332 e. The van der Waals surface area contributed by atoms with Gasteiger partial charge in [-0.25, -0.2) is 4.79 Å². The molecule has 6 heteroatoms. The quantitative estimate of drug-likeness (QED) is 0.893. The van der Waals surface area contributed by atoms with Crippen LogP contribution in [0.5, 0.6) is 0 Å². The maximum absolute atomic E-state index is 12.0. The molecule has 2 N–H and O–H groups in total. The molecule has 5 nitrogen and oxygen atoms in total. The third kappa shape index (κ3) is 3.29. The molecule has 0 spiro atoms. The lowest BCUT2D eigenvalue weighted by molar-refractivity contribution is -0.151. The number of nitrogens with one attached hydrogen (secondary N) is 1. The standard InChI is InChI=1S/C14H16ClNO4/c1-8(9-4-2-3-5-10(9)15)16-13(17)11-6-7-12(20-11)14(18)19/h2-5,8,11-12H,6-7H2,1H3,(H,16,17)(H,18,19)/t8-,11?,12?/m0/s1. The van der Waals surface area contributed by atoms with Gasteiger partial charge in [0, 0.05) is 5.02 Å². The monoisotopic (exact) mass is 297 g/mol. The highest BCUT2D eigenvalue weighted by Crippen LogP contribution is 2.24. The molecule has 108 valence electrons. The number of hydrogen-bond acceptors (Lipinski definition) is 3. The van der Waals surface area contributed by atoms with E-state index in [1.54, 1.807) is 6.07 Å². The summed E-state index contributed by atoms with van der Waals surface area (Å²) in [7, 11) is 0.